The number of nitrogens with zero attached hydrogens (tertiary/aromatic N) is 2. The van der Waals surface area contributed by atoms with E-state index in [-0.39, 0.29) is 12.4 Å². The van der Waals surface area contributed by atoms with Crippen LogP contribution in [0.15, 0.2) is 82.6 Å². The Morgan fingerprint density at radius 1 is 1.03 bits per heavy atom. The van der Waals surface area contributed by atoms with E-state index < -0.39 is 6.29 Å². The van der Waals surface area contributed by atoms with E-state index in [0.717, 1.165) is 22.0 Å². The highest BCUT2D eigenvalue weighted by Gasteiger charge is 2.25. The van der Waals surface area contributed by atoms with Crippen LogP contribution in [-0.4, -0.2) is 15.2 Å². The minimum Gasteiger partial charge on any atom is -0.460 e. The van der Waals surface area contributed by atoms with Gasteiger partial charge in [-0.1, -0.05) is 60.3 Å². The van der Waals surface area contributed by atoms with Crippen molar-refractivity contribution in [3.05, 3.63) is 95.4 Å². The molecule has 33 heavy (non-hydrogen) atoms. The Bertz CT molecular complexity index is 1430. The fourth-order valence-corrected chi connectivity index (χ4v) is 4.65. The number of thioether (sulfide) groups is 1. The van der Waals surface area contributed by atoms with Crippen LogP contribution in [0.2, 0.25) is 0 Å². The normalized spacial score (nSPS) is 15.4. The molecular weight excluding hydrogens is 441 g/mol. The maximum Gasteiger partial charge on any atom is 0.277 e. The van der Waals surface area contributed by atoms with Crippen molar-refractivity contribution in [1.29, 1.82) is 0 Å². The lowest BCUT2D eigenvalue weighted by Gasteiger charge is -2.28. The average molecular weight is 460 g/mol. The Morgan fingerprint density at radius 2 is 1.88 bits per heavy atom. The van der Waals surface area contributed by atoms with Gasteiger partial charge in [-0.3, -0.25) is 0 Å². The van der Waals surface area contributed by atoms with Gasteiger partial charge in [-0.15, -0.1) is 10.2 Å². The number of benzene rings is 3. The summed E-state index contributed by atoms with van der Waals surface area (Å²) in [6.45, 7) is 0.273. The first-order valence-corrected chi connectivity index (χ1v) is 11.4. The van der Waals surface area contributed by atoms with Crippen LogP contribution in [0.5, 0.6) is 5.75 Å². The van der Waals surface area contributed by atoms with Gasteiger partial charge < -0.3 is 18.9 Å². The molecule has 2 aromatic heterocycles. The van der Waals surface area contributed by atoms with Crippen LogP contribution in [0.4, 0.5) is 4.39 Å². The lowest BCUT2D eigenvalue weighted by molar-refractivity contribution is -0.112. The van der Waals surface area contributed by atoms with Gasteiger partial charge in [-0.25, -0.2) is 4.39 Å². The molecule has 0 unspecified atom stereocenters. The Hall–Kier alpha value is -3.62. The molecule has 1 aliphatic heterocycles. The number of H-pyrrole nitrogens is 1. The quantitative estimate of drug-likeness (QED) is 0.313. The Labute approximate surface area is 192 Å². The summed E-state index contributed by atoms with van der Waals surface area (Å²) in [7, 11) is 0. The van der Waals surface area contributed by atoms with Crippen molar-refractivity contribution in [2.24, 2.45) is 0 Å². The molecule has 0 bridgehead atoms. The number of aromatic nitrogens is 3. The van der Waals surface area contributed by atoms with E-state index in [9.17, 15) is 4.39 Å². The molecular formula is C25H18FN3O3S. The predicted octanol–water partition coefficient (Wildman–Crippen LogP) is 6.26. The number of para-hydroxylation sites is 1. The molecule has 0 saturated heterocycles. The van der Waals surface area contributed by atoms with Gasteiger partial charge in [-0.2, -0.15) is 0 Å². The van der Waals surface area contributed by atoms with Crippen molar-refractivity contribution in [3.8, 4) is 17.2 Å². The topological polar surface area (TPSA) is 73.2 Å². The van der Waals surface area contributed by atoms with E-state index >= 15 is 0 Å². The monoisotopic (exact) mass is 459 g/mol. The summed E-state index contributed by atoms with van der Waals surface area (Å²) < 4.78 is 32.1. The first kappa shape index (κ1) is 20.0. The van der Waals surface area contributed by atoms with Gasteiger partial charge in [0.1, 0.15) is 11.6 Å². The lowest BCUT2D eigenvalue weighted by Crippen LogP contribution is -2.19. The molecule has 8 heteroatoms. The Balaban J connectivity index is 1.23. The summed E-state index contributed by atoms with van der Waals surface area (Å²) >= 11 is 1.34. The van der Waals surface area contributed by atoms with Gasteiger partial charge in [0.15, 0.2) is 0 Å². The summed E-state index contributed by atoms with van der Waals surface area (Å²) in [5.74, 6) is 1.15. The third kappa shape index (κ3) is 3.88. The van der Waals surface area contributed by atoms with Crippen molar-refractivity contribution in [3.63, 3.8) is 0 Å². The van der Waals surface area contributed by atoms with Gasteiger partial charge in [-0.05, 0) is 18.2 Å². The van der Waals surface area contributed by atoms with Gasteiger partial charge in [0, 0.05) is 39.5 Å². The zero-order valence-corrected chi connectivity index (χ0v) is 18.1. The summed E-state index contributed by atoms with van der Waals surface area (Å²) in [5.41, 5.74) is 4.15. The SMILES string of the molecule is Fc1cc2c(c(CSc3nnc(-c4c[nH]c5ccccc45)o3)c1)O[C@@H](c1ccccc1)OC2. The van der Waals surface area contributed by atoms with Crippen LogP contribution in [0.3, 0.4) is 0 Å². The first-order valence-electron chi connectivity index (χ1n) is 10.4. The summed E-state index contributed by atoms with van der Waals surface area (Å²) in [4.78, 5) is 3.21. The van der Waals surface area contributed by atoms with Gasteiger partial charge >= 0.3 is 0 Å². The smallest absolute Gasteiger partial charge is 0.277 e. The molecule has 6 rings (SSSR count). The van der Waals surface area contributed by atoms with Crippen LogP contribution < -0.4 is 4.74 Å². The van der Waals surface area contributed by atoms with Crippen LogP contribution in [-0.2, 0) is 17.1 Å². The van der Waals surface area contributed by atoms with Crippen LogP contribution >= 0.6 is 11.8 Å². The third-order valence-corrected chi connectivity index (χ3v) is 6.34. The number of hydrogen-bond acceptors (Lipinski definition) is 6. The molecule has 0 spiro atoms. The minimum atomic E-state index is -0.537. The second kappa shape index (κ2) is 8.38. The molecule has 0 saturated carbocycles. The number of fused-ring (bicyclic) bond motifs is 2. The molecule has 3 heterocycles. The molecule has 1 aliphatic rings. The van der Waals surface area contributed by atoms with Crippen molar-refractivity contribution >= 4 is 22.7 Å². The number of rotatable bonds is 5. The van der Waals surface area contributed by atoms with Crippen molar-refractivity contribution in [2.45, 2.75) is 23.9 Å². The van der Waals surface area contributed by atoms with E-state index in [1.54, 1.807) is 0 Å². The number of hydrogen-bond donors (Lipinski definition) is 1. The van der Waals surface area contributed by atoms with Crippen LogP contribution in [0.1, 0.15) is 23.0 Å². The predicted molar refractivity (Wildman–Crippen MR) is 122 cm³/mol. The zero-order chi connectivity index (χ0) is 22.2. The van der Waals surface area contributed by atoms with Crippen molar-refractivity contribution in [2.75, 3.05) is 0 Å². The highest BCUT2D eigenvalue weighted by Crippen LogP contribution is 2.39. The van der Waals surface area contributed by atoms with E-state index in [1.165, 1.54) is 23.9 Å². The molecule has 6 nitrogen and oxygen atoms in total. The largest absolute Gasteiger partial charge is 0.460 e. The average Bonchev–Trinajstić information content (AvgIpc) is 3.50. The Morgan fingerprint density at radius 3 is 2.79 bits per heavy atom. The molecule has 0 amide bonds. The molecule has 3 aromatic carbocycles. The molecule has 1 atom stereocenters. The lowest BCUT2D eigenvalue weighted by atomic mass is 10.1. The summed E-state index contributed by atoms with van der Waals surface area (Å²) in [5, 5.41) is 9.77. The van der Waals surface area contributed by atoms with E-state index in [0.29, 0.717) is 33.7 Å². The summed E-state index contributed by atoms with van der Waals surface area (Å²) in [6, 6.07) is 20.5. The highest BCUT2D eigenvalue weighted by molar-refractivity contribution is 7.98. The number of aromatic amines is 1. The van der Waals surface area contributed by atoms with Gasteiger partial charge in [0.25, 0.3) is 11.1 Å². The Kier molecular flexibility index (Phi) is 5.09. The first-order chi connectivity index (χ1) is 16.2. The minimum absolute atomic E-state index is 0.273. The van der Waals surface area contributed by atoms with Crippen molar-refractivity contribution in [1.82, 2.24) is 15.2 Å². The van der Waals surface area contributed by atoms with Crippen LogP contribution in [0, 0.1) is 5.82 Å². The van der Waals surface area contributed by atoms with E-state index in [4.69, 9.17) is 13.9 Å². The fourth-order valence-electron chi connectivity index (χ4n) is 3.92. The number of halogens is 1. The van der Waals surface area contributed by atoms with Gasteiger partial charge in [0.05, 0.1) is 12.2 Å². The second-order valence-electron chi connectivity index (χ2n) is 7.63. The van der Waals surface area contributed by atoms with Gasteiger partial charge in [0.2, 0.25) is 6.29 Å². The van der Waals surface area contributed by atoms with Crippen molar-refractivity contribution < 1.29 is 18.3 Å². The second-order valence-corrected chi connectivity index (χ2v) is 8.56. The third-order valence-electron chi connectivity index (χ3n) is 5.47. The highest BCUT2D eigenvalue weighted by atomic mass is 32.2. The molecule has 1 N–H and O–H groups in total. The summed E-state index contributed by atoms with van der Waals surface area (Å²) in [6.07, 6.45) is 1.32. The molecule has 164 valence electrons. The maximum atomic E-state index is 14.3. The number of nitrogens with one attached hydrogen (secondary N) is 1. The van der Waals surface area contributed by atoms with Crippen LogP contribution in [0.25, 0.3) is 22.4 Å². The number of ether oxygens (including phenoxy) is 2. The zero-order valence-electron chi connectivity index (χ0n) is 17.3. The standard InChI is InChI=1S/C25H18FN3O3S/c26-18-10-16-13-30-24(15-6-2-1-3-7-15)31-22(16)17(11-18)14-33-25-29-28-23(32-25)20-12-27-21-9-5-4-8-19(20)21/h1-12,24,27H,13-14H2/t24-/m0/s1. The molecule has 0 radical (unpaired) electrons. The fraction of sp³-hybridized carbons (Fsp3) is 0.120. The molecule has 0 fully saturated rings. The molecule has 5 aromatic rings. The van der Waals surface area contributed by atoms with E-state index in [2.05, 4.69) is 15.2 Å². The maximum absolute atomic E-state index is 14.3. The van der Waals surface area contributed by atoms with E-state index in [1.807, 2.05) is 60.8 Å². The molecule has 0 aliphatic carbocycles.